The summed E-state index contributed by atoms with van der Waals surface area (Å²) in [5.74, 6) is 2.05. The summed E-state index contributed by atoms with van der Waals surface area (Å²) in [6.07, 6.45) is 5.20. The first-order valence-electron chi connectivity index (χ1n) is 9.37. The number of H-pyrrole nitrogens is 1. The van der Waals surface area contributed by atoms with E-state index in [1.807, 2.05) is 0 Å². The number of aromatic nitrogens is 3. The summed E-state index contributed by atoms with van der Waals surface area (Å²) in [6.45, 7) is 2.24. The van der Waals surface area contributed by atoms with Gasteiger partial charge in [-0.3, -0.25) is 9.59 Å². The molecule has 28 heavy (non-hydrogen) atoms. The minimum atomic E-state index is -0.192. The van der Waals surface area contributed by atoms with Crippen molar-refractivity contribution in [1.29, 1.82) is 0 Å². The van der Waals surface area contributed by atoms with Crippen molar-refractivity contribution in [2.45, 2.75) is 39.0 Å². The van der Waals surface area contributed by atoms with E-state index in [-0.39, 0.29) is 17.9 Å². The van der Waals surface area contributed by atoms with Gasteiger partial charge in [-0.25, -0.2) is 9.97 Å². The molecule has 2 N–H and O–H groups in total. The number of nitrogens with zero attached hydrogens (tertiary/aromatic N) is 2. The Morgan fingerprint density at radius 1 is 1.46 bits per heavy atom. The maximum absolute atomic E-state index is 12.6. The summed E-state index contributed by atoms with van der Waals surface area (Å²) in [4.78, 5) is 38.5. The molecule has 0 fully saturated rings. The molecule has 1 unspecified atom stereocenters. The largest absolute Gasteiger partial charge is 0.497 e. The van der Waals surface area contributed by atoms with Crippen LogP contribution >= 0.6 is 11.3 Å². The lowest BCUT2D eigenvalue weighted by molar-refractivity contribution is -0.116. The Balaban J connectivity index is 1.47. The lowest BCUT2D eigenvalue weighted by Gasteiger charge is -2.17. The van der Waals surface area contributed by atoms with Gasteiger partial charge >= 0.3 is 0 Å². The Morgan fingerprint density at radius 3 is 3.14 bits per heavy atom. The van der Waals surface area contributed by atoms with Gasteiger partial charge in [0.2, 0.25) is 5.91 Å². The molecule has 3 heterocycles. The molecule has 146 valence electrons. The molecule has 1 amide bonds. The number of nitrogens with one attached hydrogen (secondary N) is 2. The SMILES string of the molecule is COc1ccnc(NC(=O)CCc2nc3sc4c(c3c(=O)[nH]2)CCC(C)C4)c1. The number of pyridine rings is 1. The van der Waals surface area contributed by atoms with Gasteiger partial charge in [-0.2, -0.15) is 0 Å². The van der Waals surface area contributed by atoms with Gasteiger partial charge in [0, 0.05) is 30.0 Å². The molecule has 3 aromatic rings. The number of carbonyl (C=O) groups is 1. The number of carbonyl (C=O) groups excluding carboxylic acids is 1. The molecule has 4 rings (SSSR count). The highest BCUT2D eigenvalue weighted by Crippen LogP contribution is 2.35. The van der Waals surface area contributed by atoms with E-state index in [0.717, 1.165) is 29.5 Å². The average Bonchev–Trinajstić information content (AvgIpc) is 3.04. The van der Waals surface area contributed by atoms with Gasteiger partial charge in [-0.1, -0.05) is 6.92 Å². The molecular weight excluding hydrogens is 376 g/mol. The van der Waals surface area contributed by atoms with Gasteiger partial charge in [0.25, 0.3) is 5.56 Å². The van der Waals surface area contributed by atoms with Gasteiger partial charge in [0.05, 0.1) is 12.5 Å². The standard InChI is InChI=1S/C20H22N4O3S/c1-11-3-4-13-14(9-11)28-20-18(13)19(26)23-15(24-20)5-6-17(25)22-16-10-12(27-2)7-8-21-16/h7-8,10-11H,3-6,9H2,1-2H3,(H,21,22,25)(H,23,24,26). The topological polar surface area (TPSA) is 97.0 Å². The number of fused-ring (bicyclic) bond motifs is 3. The fraction of sp³-hybridized carbons (Fsp3) is 0.400. The van der Waals surface area contributed by atoms with Crippen LogP contribution in [0.25, 0.3) is 10.2 Å². The van der Waals surface area contributed by atoms with E-state index in [2.05, 4.69) is 27.2 Å². The van der Waals surface area contributed by atoms with Crippen molar-refractivity contribution in [3.63, 3.8) is 0 Å². The molecule has 8 heteroatoms. The molecule has 1 atom stereocenters. The van der Waals surface area contributed by atoms with Crippen LogP contribution in [0.1, 0.15) is 36.0 Å². The molecule has 0 saturated heterocycles. The molecule has 0 radical (unpaired) electrons. The van der Waals surface area contributed by atoms with E-state index in [4.69, 9.17) is 4.74 Å². The molecule has 1 aliphatic carbocycles. The number of aryl methyl sites for hydroxylation is 2. The number of aromatic amines is 1. The summed E-state index contributed by atoms with van der Waals surface area (Å²) in [6, 6.07) is 3.36. The zero-order chi connectivity index (χ0) is 19.7. The number of hydrogen-bond acceptors (Lipinski definition) is 6. The van der Waals surface area contributed by atoms with Gasteiger partial charge in [0.1, 0.15) is 22.2 Å². The van der Waals surface area contributed by atoms with Gasteiger partial charge in [-0.05, 0) is 36.8 Å². The van der Waals surface area contributed by atoms with Crippen LogP contribution in [0.3, 0.4) is 0 Å². The highest BCUT2D eigenvalue weighted by Gasteiger charge is 2.23. The van der Waals surface area contributed by atoms with Crippen molar-refractivity contribution in [1.82, 2.24) is 15.0 Å². The smallest absolute Gasteiger partial charge is 0.259 e. The molecule has 0 bridgehead atoms. The van der Waals surface area contributed by atoms with Crippen LogP contribution in [0.2, 0.25) is 0 Å². The lowest BCUT2D eigenvalue weighted by atomic mass is 9.89. The Hall–Kier alpha value is -2.74. The van der Waals surface area contributed by atoms with Gasteiger partial charge in [-0.15, -0.1) is 11.3 Å². The van der Waals surface area contributed by atoms with Crippen LogP contribution in [0.4, 0.5) is 5.82 Å². The Bertz CT molecular complexity index is 1090. The third-order valence-corrected chi connectivity index (χ3v) is 6.19. The maximum Gasteiger partial charge on any atom is 0.259 e. The second-order valence-corrected chi connectivity index (χ2v) is 8.26. The summed E-state index contributed by atoms with van der Waals surface area (Å²) in [7, 11) is 1.56. The number of methoxy groups -OCH3 is 1. The monoisotopic (exact) mass is 398 g/mol. The van der Waals surface area contributed by atoms with Gasteiger partial charge in [0.15, 0.2) is 0 Å². The number of hydrogen-bond donors (Lipinski definition) is 2. The Kier molecular flexibility index (Phi) is 5.13. The minimum absolute atomic E-state index is 0.0954. The quantitative estimate of drug-likeness (QED) is 0.688. The average molecular weight is 398 g/mol. The van der Waals surface area contributed by atoms with Crippen LogP contribution in [0.5, 0.6) is 5.75 Å². The molecule has 7 nitrogen and oxygen atoms in total. The first-order chi connectivity index (χ1) is 13.5. The zero-order valence-corrected chi connectivity index (χ0v) is 16.7. The third-order valence-electron chi connectivity index (χ3n) is 5.04. The fourth-order valence-electron chi connectivity index (χ4n) is 3.56. The van der Waals surface area contributed by atoms with E-state index in [1.54, 1.807) is 36.8 Å². The first-order valence-corrected chi connectivity index (χ1v) is 10.2. The second kappa shape index (κ2) is 7.71. The zero-order valence-electron chi connectivity index (χ0n) is 15.9. The summed E-state index contributed by atoms with van der Waals surface area (Å²) >= 11 is 1.62. The number of ether oxygens (including phenoxy) is 1. The highest BCUT2D eigenvalue weighted by molar-refractivity contribution is 7.18. The second-order valence-electron chi connectivity index (χ2n) is 7.17. The maximum atomic E-state index is 12.6. The number of anilines is 1. The number of thiophene rings is 1. The van der Waals surface area contributed by atoms with Crippen LogP contribution in [0.15, 0.2) is 23.1 Å². The van der Waals surface area contributed by atoms with Gasteiger partial charge < -0.3 is 15.0 Å². The molecule has 0 spiro atoms. The predicted molar refractivity (Wildman–Crippen MR) is 109 cm³/mol. The van der Waals surface area contributed by atoms with Crippen molar-refractivity contribution >= 4 is 33.3 Å². The van der Waals surface area contributed by atoms with Crippen LogP contribution in [0, 0.1) is 5.92 Å². The van der Waals surface area contributed by atoms with E-state index >= 15 is 0 Å². The van der Waals surface area contributed by atoms with Crippen molar-refractivity contribution in [3.8, 4) is 5.75 Å². The molecule has 1 aliphatic rings. The van der Waals surface area contributed by atoms with Crippen molar-refractivity contribution in [2.24, 2.45) is 5.92 Å². The number of amides is 1. The lowest BCUT2D eigenvalue weighted by Crippen LogP contribution is -2.17. The van der Waals surface area contributed by atoms with E-state index in [1.165, 1.54) is 10.4 Å². The molecule has 0 aromatic carbocycles. The normalized spacial score (nSPS) is 16.0. The third kappa shape index (κ3) is 3.77. The summed E-state index contributed by atoms with van der Waals surface area (Å²) in [5, 5.41) is 3.47. The van der Waals surface area contributed by atoms with Crippen LogP contribution < -0.4 is 15.6 Å². The van der Waals surface area contributed by atoms with E-state index < -0.39 is 0 Å². The van der Waals surface area contributed by atoms with Crippen molar-refractivity contribution in [2.75, 3.05) is 12.4 Å². The predicted octanol–water partition coefficient (Wildman–Crippen LogP) is 3.08. The van der Waals surface area contributed by atoms with Crippen molar-refractivity contribution < 1.29 is 9.53 Å². The molecule has 0 aliphatic heterocycles. The highest BCUT2D eigenvalue weighted by atomic mass is 32.1. The first kappa shape index (κ1) is 18.6. The summed E-state index contributed by atoms with van der Waals surface area (Å²) in [5.41, 5.74) is 1.07. The Labute approximate surface area is 166 Å². The number of rotatable bonds is 5. The van der Waals surface area contributed by atoms with E-state index in [0.29, 0.717) is 29.7 Å². The van der Waals surface area contributed by atoms with Crippen molar-refractivity contribution in [3.05, 3.63) is 44.9 Å². The molecular formula is C20H22N4O3S. The van der Waals surface area contributed by atoms with Crippen LogP contribution in [-0.4, -0.2) is 28.0 Å². The Morgan fingerprint density at radius 2 is 2.32 bits per heavy atom. The summed E-state index contributed by atoms with van der Waals surface area (Å²) < 4.78 is 5.12. The minimum Gasteiger partial charge on any atom is -0.497 e. The van der Waals surface area contributed by atoms with Crippen LogP contribution in [-0.2, 0) is 24.1 Å². The van der Waals surface area contributed by atoms with E-state index in [9.17, 15) is 9.59 Å². The molecule has 0 saturated carbocycles. The molecule has 3 aromatic heterocycles. The fourth-order valence-corrected chi connectivity index (χ4v) is 4.96.